The van der Waals surface area contributed by atoms with Crippen LogP contribution in [-0.2, 0) is 9.84 Å². The summed E-state index contributed by atoms with van der Waals surface area (Å²) in [5.41, 5.74) is 0.148. The third-order valence-corrected chi connectivity index (χ3v) is 3.18. The fourth-order valence-electron chi connectivity index (χ4n) is 1.37. The monoisotopic (exact) mass is 272 g/mol. The van der Waals surface area contributed by atoms with E-state index in [0.29, 0.717) is 5.82 Å². The van der Waals surface area contributed by atoms with Crippen LogP contribution < -0.4 is 10.6 Å². The molecule has 1 aromatic heterocycles. The standard InChI is InChI=1S/C10H16N4O3S/c1-7(6-18(3,16)17)14-10(15)8-4-13-9(11-2)5-12-8/h4-5,7H,6H2,1-3H3,(H,11,13)(H,14,15). The maximum absolute atomic E-state index is 11.7. The maximum atomic E-state index is 11.7. The van der Waals surface area contributed by atoms with Gasteiger partial charge < -0.3 is 10.6 Å². The van der Waals surface area contributed by atoms with E-state index in [4.69, 9.17) is 0 Å². The molecule has 0 aliphatic heterocycles. The first kappa shape index (κ1) is 14.4. The summed E-state index contributed by atoms with van der Waals surface area (Å²) in [6.07, 6.45) is 3.88. The van der Waals surface area contributed by atoms with E-state index >= 15 is 0 Å². The number of anilines is 1. The molecule has 0 aliphatic carbocycles. The van der Waals surface area contributed by atoms with E-state index in [-0.39, 0.29) is 11.4 Å². The first-order valence-corrected chi connectivity index (χ1v) is 7.36. The molecule has 0 aromatic carbocycles. The molecule has 0 spiro atoms. The van der Waals surface area contributed by atoms with E-state index in [1.807, 2.05) is 0 Å². The van der Waals surface area contributed by atoms with Gasteiger partial charge in [-0.3, -0.25) is 4.79 Å². The highest BCUT2D eigenvalue weighted by Crippen LogP contribution is 2.00. The van der Waals surface area contributed by atoms with Crippen molar-refractivity contribution in [3.05, 3.63) is 18.1 Å². The minimum absolute atomic E-state index is 0.110. The lowest BCUT2D eigenvalue weighted by Crippen LogP contribution is -2.37. The highest BCUT2D eigenvalue weighted by Gasteiger charge is 2.15. The number of hydrogen-bond acceptors (Lipinski definition) is 6. The SMILES string of the molecule is CNc1cnc(C(=O)NC(C)CS(C)(=O)=O)cn1. The van der Waals surface area contributed by atoms with E-state index in [0.717, 1.165) is 6.26 Å². The molecule has 1 unspecified atom stereocenters. The van der Waals surface area contributed by atoms with E-state index < -0.39 is 21.8 Å². The average molecular weight is 272 g/mol. The van der Waals surface area contributed by atoms with E-state index in [9.17, 15) is 13.2 Å². The Hall–Kier alpha value is -1.70. The van der Waals surface area contributed by atoms with Crippen LogP contribution >= 0.6 is 0 Å². The second-order valence-electron chi connectivity index (χ2n) is 4.00. The number of carbonyl (C=O) groups excluding carboxylic acids is 1. The molecule has 7 nitrogen and oxygen atoms in total. The van der Waals surface area contributed by atoms with Crippen molar-refractivity contribution >= 4 is 21.6 Å². The van der Waals surface area contributed by atoms with Gasteiger partial charge in [-0.2, -0.15) is 0 Å². The van der Waals surface area contributed by atoms with Gasteiger partial charge in [-0.05, 0) is 6.92 Å². The second-order valence-corrected chi connectivity index (χ2v) is 6.19. The van der Waals surface area contributed by atoms with Crippen molar-refractivity contribution in [1.29, 1.82) is 0 Å². The van der Waals surface area contributed by atoms with Crippen LogP contribution in [0.5, 0.6) is 0 Å². The minimum Gasteiger partial charge on any atom is -0.372 e. The van der Waals surface area contributed by atoms with E-state index in [1.165, 1.54) is 12.4 Å². The van der Waals surface area contributed by atoms with Gasteiger partial charge in [0.15, 0.2) is 0 Å². The molecule has 0 bridgehead atoms. The lowest BCUT2D eigenvalue weighted by Gasteiger charge is -2.12. The fourth-order valence-corrected chi connectivity index (χ4v) is 2.36. The molecule has 0 radical (unpaired) electrons. The lowest BCUT2D eigenvalue weighted by molar-refractivity contribution is 0.0938. The molecule has 0 saturated heterocycles. The molecule has 100 valence electrons. The number of hydrogen-bond donors (Lipinski definition) is 2. The van der Waals surface area contributed by atoms with Crippen LogP contribution in [0.15, 0.2) is 12.4 Å². The summed E-state index contributed by atoms with van der Waals surface area (Å²) in [6, 6.07) is -0.474. The summed E-state index contributed by atoms with van der Waals surface area (Å²) in [7, 11) is -1.43. The predicted molar refractivity (Wildman–Crippen MR) is 68.2 cm³/mol. The van der Waals surface area contributed by atoms with E-state index in [1.54, 1.807) is 14.0 Å². The van der Waals surface area contributed by atoms with Gasteiger partial charge in [0.1, 0.15) is 21.3 Å². The van der Waals surface area contributed by atoms with Crippen molar-refractivity contribution in [2.75, 3.05) is 24.4 Å². The van der Waals surface area contributed by atoms with Crippen LogP contribution in [0.1, 0.15) is 17.4 Å². The second kappa shape index (κ2) is 5.76. The Morgan fingerprint density at radius 1 is 1.39 bits per heavy atom. The van der Waals surface area contributed by atoms with Crippen molar-refractivity contribution in [2.45, 2.75) is 13.0 Å². The number of nitrogens with one attached hydrogen (secondary N) is 2. The Balaban J connectivity index is 2.64. The van der Waals surface area contributed by atoms with Crippen molar-refractivity contribution in [2.24, 2.45) is 0 Å². The zero-order valence-electron chi connectivity index (χ0n) is 10.5. The molecular weight excluding hydrogens is 256 g/mol. The topological polar surface area (TPSA) is 101 Å². The summed E-state index contributed by atoms with van der Waals surface area (Å²) in [6.45, 7) is 1.62. The summed E-state index contributed by atoms with van der Waals surface area (Å²) < 4.78 is 22.1. The number of amides is 1. The average Bonchev–Trinajstić information content (AvgIpc) is 2.26. The molecule has 1 amide bonds. The molecule has 0 fully saturated rings. The molecule has 1 heterocycles. The molecule has 1 rings (SSSR count). The first-order chi connectivity index (χ1) is 8.31. The first-order valence-electron chi connectivity index (χ1n) is 5.30. The number of carbonyl (C=O) groups is 1. The van der Waals surface area contributed by atoms with Gasteiger partial charge in [0.05, 0.1) is 18.1 Å². The quantitative estimate of drug-likeness (QED) is 0.762. The van der Waals surface area contributed by atoms with Gasteiger partial charge in [-0.15, -0.1) is 0 Å². The van der Waals surface area contributed by atoms with Crippen LogP contribution in [0.25, 0.3) is 0 Å². The zero-order chi connectivity index (χ0) is 13.8. The third-order valence-electron chi connectivity index (χ3n) is 2.07. The summed E-state index contributed by atoms with van der Waals surface area (Å²) in [5, 5.41) is 5.33. The Morgan fingerprint density at radius 3 is 2.50 bits per heavy atom. The molecular formula is C10H16N4O3S. The highest BCUT2D eigenvalue weighted by molar-refractivity contribution is 7.90. The highest BCUT2D eigenvalue weighted by atomic mass is 32.2. The number of sulfone groups is 1. The number of aromatic nitrogens is 2. The molecule has 8 heteroatoms. The lowest BCUT2D eigenvalue weighted by atomic mass is 10.3. The van der Waals surface area contributed by atoms with Gasteiger partial charge >= 0.3 is 0 Å². The summed E-state index contributed by atoms with van der Waals surface area (Å²) in [5.74, 6) is -0.00198. The normalized spacial score (nSPS) is 12.8. The van der Waals surface area contributed by atoms with Crippen LogP contribution in [0, 0.1) is 0 Å². The van der Waals surface area contributed by atoms with Crippen molar-refractivity contribution in [1.82, 2.24) is 15.3 Å². The molecule has 2 N–H and O–H groups in total. The molecule has 0 aliphatic rings. The van der Waals surface area contributed by atoms with Gasteiger partial charge in [-0.25, -0.2) is 18.4 Å². The van der Waals surface area contributed by atoms with Gasteiger partial charge in [-0.1, -0.05) is 0 Å². The predicted octanol–water partition coefficient (Wildman–Crippen LogP) is -0.319. The Morgan fingerprint density at radius 2 is 2.06 bits per heavy atom. The van der Waals surface area contributed by atoms with Crippen LogP contribution in [0.2, 0.25) is 0 Å². The maximum Gasteiger partial charge on any atom is 0.271 e. The van der Waals surface area contributed by atoms with E-state index in [2.05, 4.69) is 20.6 Å². The Labute approximate surface area is 106 Å². The van der Waals surface area contributed by atoms with Crippen LogP contribution in [0.4, 0.5) is 5.82 Å². The van der Waals surface area contributed by atoms with Gasteiger partial charge in [0.2, 0.25) is 0 Å². The van der Waals surface area contributed by atoms with Crippen LogP contribution in [-0.4, -0.2) is 49.4 Å². The van der Waals surface area contributed by atoms with Gasteiger partial charge in [0.25, 0.3) is 5.91 Å². The molecule has 1 atom stereocenters. The number of rotatable bonds is 5. The Kier molecular flexibility index (Phi) is 4.60. The van der Waals surface area contributed by atoms with Crippen LogP contribution in [0.3, 0.4) is 0 Å². The molecule has 1 aromatic rings. The van der Waals surface area contributed by atoms with Gasteiger partial charge in [0, 0.05) is 19.3 Å². The smallest absolute Gasteiger partial charge is 0.271 e. The minimum atomic E-state index is -3.12. The largest absolute Gasteiger partial charge is 0.372 e. The molecule has 18 heavy (non-hydrogen) atoms. The Bertz CT molecular complexity index is 512. The van der Waals surface area contributed by atoms with Crippen molar-refractivity contribution in [3.63, 3.8) is 0 Å². The zero-order valence-corrected chi connectivity index (χ0v) is 11.3. The third kappa shape index (κ3) is 4.66. The fraction of sp³-hybridized carbons (Fsp3) is 0.500. The molecule has 0 saturated carbocycles. The summed E-state index contributed by atoms with van der Waals surface area (Å²) in [4.78, 5) is 19.6. The number of nitrogens with zero attached hydrogens (tertiary/aromatic N) is 2. The van der Waals surface area contributed by atoms with Crippen molar-refractivity contribution in [3.8, 4) is 0 Å². The summed E-state index contributed by atoms with van der Waals surface area (Å²) >= 11 is 0. The van der Waals surface area contributed by atoms with Crippen molar-refractivity contribution < 1.29 is 13.2 Å².